The van der Waals surface area contributed by atoms with Gasteiger partial charge in [0.2, 0.25) is 0 Å². The molecule has 0 radical (unpaired) electrons. The Balaban J connectivity index is 2.60. The lowest BCUT2D eigenvalue weighted by Gasteiger charge is -1.89. The van der Waals surface area contributed by atoms with E-state index in [-0.39, 0.29) is 0 Å². The molecule has 0 aromatic carbocycles. The Morgan fingerprint density at radius 2 is 2.42 bits per heavy atom. The summed E-state index contributed by atoms with van der Waals surface area (Å²) in [6.45, 7) is 0. The smallest absolute Gasteiger partial charge is 0.177 e. The van der Waals surface area contributed by atoms with E-state index >= 15 is 0 Å². The van der Waals surface area contributed by atoms with Gasteiger partial charge in [0.15, 0.2) is 5.65 Å². The van der Waals surface area contributed by atoms with Crippen molar-refractivity contribution < 1.29 is 5.21 Å². The molecule has 0 amide bonds. The molecule has 0 unspecified atom stereocenters. The van der Waals surface area contributed by atoms with E-state index in [1.165, 1.54) is 6.21 Å². The number of nitrogens with zero attached hydrogens (tertiary/aromatic N) is 3. The van der Waals surface area contributed by atoms with Crippen LogP contribution in [-0.2, 0) is 0 Å². The van der Waals surface area contributed by atoms with Crippen LogP contribution >= 0.6 is 0 Å². The van der Waals surface area contributed by atoms with E-state index in [0.717, 1.165) is 5.52 Å². The minimum absolute atomic E-state index is 0.581. The Morgan fingerprint density at radius 1 is 1.50 bits per heavy atom. The molecule has 0 aliphatic carbocycles. The van der Waals surface area contributed by atoms with Gasteiger partial charge < -0.3 is 10.2 Å². The Labute approximate surface area is 67.8 Å². The van der Waals surface area contributed by atoms with E-state index in [2.05, 4.69) is 20.1 Å². The molecule has 0 bridgehead atoms. The number of H-pyrrole nitrogens is 1. The highest BCUT2D eigenvalue weighted by molar-refractivity contribution is 5.81. The maximum absolute atomic E-state index is 8.24. The molecule has 0 aliphatic rings. The van der Waals surface area contributed by atoms with Crippen LogP contribution in [0.5, 0.6) is 0 Å². The summed E-state index contributed by atoms with van der Waals surface area (Å²) in [6, 6.07) is 3.56. The second-order valence-electron chi connectivity index (χ2n) is 2.25. The Morgan fingerprint density at radius 3 is 3.25 bits per heavy atom. The Hall–Kier alpha value is -1.91. The topological polar surface area (TPSA) is 74.2 Å². The molecule has 5 nitrogen and oxygen atoms in total. The van der Waals surface area contributed by atoms with Gasteiger partial charge in [-0.15, -0.1) is 0 Å². The van der Waals surface area contributed by atoms with Crippen LogP contribution in [-0.4, -0.2) is 26.4 Å². The predicted molar refractivity (Wildman–Crippen MR) is 43.3 cm³/mol. The third kappa shape index (κ3) is 1.01. The van der Waals surface area contributed by atoms with Gasteiger partial charge in [-0.2, -0.15) is 0 Å². The lowest BCUT2D eigenvalue weighted by molar-refractivity contribution is 0.321. The fourth-order valence-electron chi connectivity index (χ4n) is 0.968. The fourth-order valence-corrected chi connectivity index (χ4v) is 0.968. The van der Waals surface area contributed by atoms with Gasteiger partial charge in [0.25, 0.3) is 0 Å². The van der Waals surface area contributed by atoms with Crippen molar-refractivity contribution in [2.75, 3.05) is 0 Å². The molecule has 5 heteroatoms. The molecule has 0 atom stereocenters. The molecule has 0 saturated heterocycles. The van der Waals surface area contributed by atoms with Gasteiger partial charge in [0.05, 0.1) is 23.8 Å². The van der Waals surface area contributed by atoms with Crippen LogP contribution in [0.2, 0.25) is 0 Å². The quantitative estimate of drug-likeness (QED) is 0.369. The molecule has 0 fully saturated rings. The molecule has 2 aromatic rings. The Bertz CT molecular complexity index is 420. The predicted octanol–water partition coefficient (Wildman–Crippen LogP) is 0.766. The van der Waals surface area contributed by atoms with Crippen LogP contribution in [0, 0.1) is 0 Å². The number of nitrogens with one attached hydrogen (secondary N) is 1. The molecular weight excluding hydrogens is 156 g/mol. The molecule has 2 heterocycles. The van der Waals surface area contributed by atoms with Gasteiger partial charge in [0, 0.05) is 0 Å². The normalized spacial score (nSPS) is 11.3. The maximum atomic E-state index is 8.24. The van der Waals surface area contributed by atoms with Crippen LogP contribution in [0.25, 0.3) is 11.2 Å². The number of aromatic nitrogens is 3. The zero-order chi connectivity index (χ0) is 8.39. The highest BCUT2D eigenvalue weighted by Gasteiger charge is 1.96. The van der Waals surface area contributed by atoms with E-state index in [4.69, 9.17) is 5.21 Å². The Kier molecular flexibility index (Phi) is 1.48. The number of fused-ring (bicyclic) bond motifs is 1. The fraction of sp³-hybridized carbons (Fsp3) is 0. The molecular formula is C7H6N4O. The largest absolute Gasteiger partial charge is 0.411 e. The highest BCUT2D eigenvalue weighted by atomic mass is 16.4. The van der Waals surface area contributed by atoms with Gasteiger partial charge in [-0.25, -0.2) is 9.97 Å². The SMILES string of the molecule is ON=Cc1ccc2[nH]cnc2n1. The number of imidazole rings is 1. The van der Waals surface area contributed by atoms with Crippen molar-refractivity contribution in [1.82, 2.24) is 15.0 Å². The van der Waals surface area contributed by atoms with E-state index in [1.807, 2.05) is 6.07 Å². The average Bonchev–Trinajstić information content (AvgIpc) is 2.51. The molecule has 2 N–H and O–H groups in total. The number of hydrogen-bond acceptors (Lipinski definition) is 4. The lowest BCUT2D eigenvalue weighted by Crippen LogP contribution is -1.87. The molecule has 0 aliphatic heterocycles. The van der Waals surface area contributed by atoms with Crippen LogP contribution in [0.1, 0.15) is 5.69 Å². The van der Waals surface area contributed by atoms with Crippen molar-refractivity contribution in [2.45, 2.75) is 0 Å². The summed E-state index contributed by atoms with van der Waals surface area (Å²) in [4.78, 5) is 10.9. The summed E-state index contributed by atoms with van der Waals surface area (Å²) in [5, 5.41) is 11.1. The third-order valence-electron chi connectivity index (χ3n) is 1.49. The minimum atomic E-state index is 0.581. The molecule has 2 aromatic heterocycles. The van der Waals surface area contributed by atoms with E-state index in [1.54, 1.807) is 12.4 Å². The number of hydrogen-bond donors (Lipinski definition) is 2. The summed E-state index contributed by atoms with van der Waals surface area (Å²) >= 11 is 0. The minimum Gasteiger partial charge on any atom is -0.411 e. The van der Waals surface area contributed by atoms with Crippen molar-refractivity contribution in [2.24, 2.45) is 5.16 Å². The van der Waals surface area contributed by atoms with Crippen LogP contribution < -0.4 is 0 Å². The van der Waals surface area contributed by atoms with Gasteiger partial charge in [0.1, 0.15) is 0 Å². The van der Waals surface area contributed by atoms with Crippen molar-refractivity contribution in [3.05, 3.63) is 24.2 Å². The summed E-state index contributed by atoms with van der Waals surface area (Å²) in [5.74, 6) is 0. The number of rotatable bonds is 1. The highest BCUT2D eigenvalue weighted by Crippen LogP contribution is 2.05. The van der Waals surface area contributed by atoms with E-state index in [9.17, 15) is 0 Å². The lowest BCUT2D eigenvalue weighted by atomic mass is 10.3. The summed E-state index contributed by atoms with van der Waals surface area (Å²) < 4.78 is 0. The zero-order valence-corrected chi connectivity index (χ0v) is 6.10. The second-order valence-corrected chi connectivity index (χ2v) is 2.25. The molecule has 2 rings (SSSR count). The number of pyridine rings is 1. The van der Waals surface area contributed by atoms with Crippen molar-refractivity contribution >= 4 is 17.4 Å². The molecule has 12 heavy (non-hydrogen) atoms. The summed E-state index contributed by atoms with van der Waals surface area (Å²) in [7, 11) is 0. The number of oxime groups is 1. The first-order chi connectivity index (χ1) is 5.90. The van der Waals surface area contributed by atoms with Crippen LogP contribution in [0.4, 0.5) is 0 Å². The summed E-state index contributed by atoms with van der Waals surface area (Å²) in [6.07, 6.45) is 2.83. The van der Waals surface area contributed by atoms with E-state index in [0.29, 0.717) is 11.3 Å². The van der Waals surface area contributed by atoms with Gasteiger partial charge >= 0.3 is 0 Å². The van der Waals surface area contributed by atoms with Crippen molar-refractivity contribution in [3.63, 3.8) is 0 Å². The van der Waals surface area contributed by atoms with Crippen molar-refractivity contribution in [3.8, 4) is 0 Å². The first-order valence-electron chi connectivity index (χ1n) is 3.38. The van der Waals surface area contributed by atoms with E-state index < -0.39 is 0 Å². The molecule has 0 spiro atoms. The van der Waals surface area contributed by atoms with Gasteiger partial charge in [-0.05, 0) is 12.1 Å². The molecule has 0 saturated carbocycles. The third-order valence-corrected chi connectivity index (χ3v) is 1.49. The maximum Gasteiger partial charge on any atom is 0.177 e. The monoisotopic (exact) mass is 162 g/mol. The average molecular weight is 162 g/mol. The van der Waals surface area contributed by atoms with Gasteiger partial charge in [-0.3, -0.25) is 0 Å². The molecule has 60 valence electrons. The van der Waals surface area contributed by atoms with Gasteiger partial charge in [-0.1, -0.05) is 5.16 Å². The van der Waals surface area contributed by atoms with Crippen LogP contribution in [0.3, 0.4) is 0 Å². The first kappa shape index (κ1) is 6.78. The number of aromatic amines is 1. The summed E-state index contributed by atoms with van der Waals surface area (Å²) in [5.41, 5.74) is 2.06. The van der Waals surface area contributed by atoms with Crippen molar-refractivity contribution in [1.29, 1.82) is 0 Å². The zero-order valence-electron chi connectivity index (χ0n) is 6.10. The van der Waals surface area contributed by atoms with Crippen LogP contribution in [0.15, 0.2) is 23.6 Å². The second kappa shape index (κ2) is 2.61. The first-order valence-corrected chi connectivity index (χ1v) is 3.38. The standard InChI is InChI=1S/C7H6N4O/c12-10-3-5-1-2-6-7(11-5)9-4-8-6/h1-4,12H,(H,8,9,11).